The molecule has 1 aromatic rings. The van der Waals surface area contributed by atoms with Gasteiger partial charge in [0.25, 0.3) is 5.69 Å². The molecule has 2 aliphatic rings. The summed E-state index contributed by atoms with van der Waals surface area (Å²) in [6.45, 7) is 1.66. The maximum absolute atomic E-state index is 12.6. The Bertz CT molecular complexity index is 944. The number of dihydropyridines is 1. The van der Waals surface area contributed by atoms with Gasteiger partial charge in [-0.2, -0.15) is 0 Å². The zero-order chi connectivity index (χ0) is 18.4. The van der Waals surface area contributed by atoms with E-state index in [0.29, 0.717) is 36.1 Å². The van der Waals surface area contributed by atoms with E-state index in [9.17, 15) is 23.3 Å². The third kappa shape index (κ3) is 3.09. The second-order valence-corrected chi connectivity index (χ2v) is 8.32. The zero-order valence-electron chi connectivity index (χ0n) is 13.9. The van der Waals surface area contributed by atoms with Crippen LogP contribution < -0.4 is 5.32 Å². The van der Waals surface area contributed by atoms with Crippen molar-refractivity contribution in [3.8, 4) is 0 Å². The summed E-state index contributed by atoms with van der Waals surface area (Å²) in [4.78, 5) is 23.2. The molecule has 7 nitrogen and oxygen atoms in total. The molecule has 0 amide bonds. The van der Waals surface area contributed by atoms with E-state index >= 15 is 0 Å². The van der Waals surface area contributed by atoms with Gasteiger partial charge in [-0.15, -0.1) is 0 Å². The molecule has 1 aliphatic heterocycles. The van der Waals surface area contributed by atoms with Crippen LogP contribution >= 0.6 is 0 Å². The molecule has 0 bridgehead atoms. The van der Waals surface area contributed by atoms with Crippen molar-refractivity contribution in [2.75, 3.05) is 6.26 Å². The van der Waals surface area contributed by atoms with E-state index in [4.69, 9.17) is 0 Å². The van der Waals surface area contributed by atoms with Crippen molar-refractivity contribution in [2.24, 2.45) is 0 Å². The van der Waals surface area contributed by atoms with Crippen molar-refractivity contribution in [2.45, 2.75) is 32.1 Å². The largest absolute Gasteiger partial charge is 0.361 e. The normalized spacial score (nSPS) is 21.0. The number of allylic oxidation sites excluding steroid dienone is 4. The first kappa shape index (κ1) is 17.3. The van der Waals surface area contributed by atoms with E-state index in [0.717, 1.165) is 12.0 Å². The van der Waals surface area contributed by atoms with E-state index in [2.05, 4.69) is 5.32 Å². The lowest BCUT2D eigenvalue weighted by atomic mass is 9.79. The Kier molecular flexibility index (Phi) is 4.24. The minimum Gasteiger partial charge on any atom is -0.361 e. The fraction of sp³-hybridized carbons (Fsp3) is 0.353. The third-order valence-corrected chi connectivity index (χ3v) is 5.87. The average Bonchev–Trinajstić information content (AvgIpc) is 2.52. The Morgan fingerprint density at radius 2 is 2.00 bits per heavy atom. The molecular formula is C17H18N2O5S. The molecule has 25 heavy (non-hydrogen) atoms. The number of benzene rings is 1. The maximum Gasteiger partial charge on any atom is 0.269 e. The highest BCUT2D eigenvalue weighted by Gasteiger charge is 2.39. The summed E-state index contributed by atoms with van der Waals surface area (Å²) in [5.74, 6) is -0.919. The number of rotatable bonds is 3. The topological polar surface area (TPSA) is 106 Å². The summed E-state index contributed by atoms with van der Waals surface area (Å²) in [6.07, 6.45) is 2.80. The summed E-state index contributed by atoms with van der Waals surface area (Å²) in [7, 11) is -3.62. The van der Waals surface area contributed by atoms with E-state index in [1.54, 1.807) is 13.0 Å². The smallest absolute Gasteiger partial charge is 0.269 e. The van der Waals surface area contributed by atoms with Gasteiger partial charge in [0.15, 0.2) is 15.6 Å². The van der Waals surface area contributed by atoms with Crippen LogP contribution in [0, 0.1) is 10.1 Å². The molecule has 1 aliphatic carbocycles. The first-order chi connectivity index (χ1) is 11.7. The number of carbonyl (C=O) groups is 1. The van der Waals surface area contributed by atoms with Crippen LogP contribution in [0.1, 0.15) is 37.7 Å². The SMILES string of the molecule is CC1=C(S(C)(=O)=O)C(c2cccc([N+](=O)[O-])c2)C2=C(CCCC2=O)N1. The summed E-state index contributed by atoms with van der Waals surface area (Å²) < 4.78 is 24.8. The molecule has 0 fully saturated rings. The Hall–Kier alpha value is -2.48. The van der Waals surface area contributed by atoms with Gasteiger partial charge in [0.2, 0.25) is 0 Å². The van der Waals surface area contributed by atoms with Gasteiger partial charge in [0, 0.05) is 41.8 Å². The number of hydrogen-bond acceptors (Lipinski definition) is 6. The third-order valence-electron chi connectivity index (χ3n) is 4.53. The molecule has 132 valence electrons. The van der Waals surface area contributed by atoms with Crippen LogP contribution in [-0.4, -0.2) is 25.4 Å². The average molecular weight is 362 g/mol. The molecule has 0 saturated carbocycles. The van der Waals surface area contributed by atoms with Crippen LogP contribution in [0.3, 0.4) is 0 Å². The van der Waals surface area contributed by atoms with Gasteiger partial charge in [0.05, 0.1) is 15.7 Å². The second-order valence-electron chi connectivity index (χ2n) is 6.34. The summed E-state index contributed by atoms with van der Waals surface area (Å²) in [6, 6.07) is 5.84. The number of nitro groups is 1. The Labute approximate surface area is 145 Å². The van der Waals surface area contributed by atoms with Crippen LogP contribution in [0.5, 0.6) is 0 Å². The summed E-state index contributed by atoms with van der Waals surface area (Å²) in [5, 5.41) is 14.2. The molecule has 0 saturated heterocycles. The Balaban J connectivity index is 2.27. The van der Waals surface area contributed by atoms with Crippen molar-refractivity contribution in [3.05, 3.63) is 61.8 Å². The van der Waals surface area contributed by atoms with E-state index < -0.39 is 20.7 Å². The van der Waals surface area contributed by atoms with Gasteiger partial charge in [0.1, 0.15) is 0 Å². The Morgan fingerprint density at radius 1 is 1.28 bits per heavy atom. The van der Waals surface area contributed by atoms with Crippen LogP contribution in [-0.2, 0) is 14.6 Å². The van der Waals surface area contributed by atoms with Crippen LogP contribution in [0.2, 0.25) is 0 Å². The minimum atomic E-state index is -3.62. The molecule has 0 spiro atoms. The summed E-state index contributed by atoms with van der Waals surface area (Å²) in [5.41, 5.74) is 1.91. The minimum absolute atomic E-state index is 0.0991. The number of carbonyl (C=O) groups excluding carboxylic acids is 1. The number of ketones is 1. The lowest BCUT2D eigenvalue weighted by molar-refractivity contribution is -0.384. The lowest BCUT2D eigenvalue weighted by Crippen LogP contribution is -2.33. The zero-order valence-corrected chi connectivity index (χ0v) is 14.7. The molecule has 1 heterocycles. The quantitative estimate of drug-likeness (QED) is 0.654. The van der Waals surface area contributed by atoms with Crippen LogP contribution in [0.4, 0.5) is 5.69 Å². The molecule has 1 N–H and O–H groups in total. The maximum atomic E-state index is 12.6. The fourth-order valence-corrected chi connectivity index (χ4v) is 4.88. The van der Waals surface area contributed by atoms with Crippen molar-refractivity contribution in [1.82, 2.24) is 5.32 Å². The van der Waals surface area contributed by atoms with Crippen molar-refractivity contribution in [3.63, 3.8) is 0 Å². The predicted molar refractivity (Wildman–Crippen MR) is 92.4 cm³/mol. The first-order valence-corrected chi connectivity index (χ1v) is 9.77. The predicted octanol–water partition coefficient (Wildman–Crippen LogP) is 2.56. The van der Waals surface area contributed by atoms with Crippen molar-refractivity contribution >= 4 is 21.3 Å². The molecular weight excluding hydrogens is 344 g/mol. The van der Waals surface area contributed by atoms with Crippen molar-refractivity contribution < 1.29 is 18.1 Å². The molecule has 3 rings (SSSR count). The van der Waals surface area contributed by atoms with E-state index in [1.165, 1.54) is 18.2 Å². The van der Waals surface area contributed by atoms with Crippen LogP contribution in [0.25, 0.3) is 0 Å². The number of non-ortho nitro benzene ring substituents is 1. The number of sulfone groups is 1. The first-order valence-electron chi connectivity index (χ1n) is 7.88. The number of Topliss-reactive ketones (excluding diaryl/α,β-unsaturated/α-hetero) is 1. The molecule has 1 aromatic carbocycles. The van der Waals surface area contributed by atoms with E-state index in [-0.39, 0.29) is 16.4 Å². The molecule has 1 unspecified atom stereocenters. The van der Waals surface area contributed by atoms with Gasteiger partial charge in [-0.1, -0.05) is 12.1 Å². The molecule has 0 aromatic heterocycles. The van der Waals surface area contributed by atoms with Gasteiger partial charge in [-0.3, -0.25) is 14.9 Å². The number of nitrogens with one attached hydrogen (secondary N) is 1. The van der Waals surface area contributed by atoms with Gasteiger partial charge >= 0.3 is 0 Å². The summed E-state index contributed by atoms with van der Waals surface area (Å²) >= 11 is 0. The highest BCUT2D eigenvalue weighted by atomic mass is 32.2. The lowest BCUT2D eigenvalue weighted by Gasteiger charge is -2.34. The monoisotopic (exact) mass is 362 g/mol. The highest BCUT2D eigenvalue weighted by molar-refractivity contribution is 7.94. The fourth-order valence-electron chi connectivity index (χ4n) is 3.59. The highest BCUT2D eigenvalue weighted by Crippen LogP contribution is 2.44. The number of hydrogen-bond donors (Lipinski definition) is 1. The Morgan fingerprint density at radius 3 is 2.64 bits per heavy atom. The number of nitrogens with zero attached hydrogens (tertiary/aromatic N) is 1. The molecule has 1 atom stereocenters. The van der Waals surface area contributed by atoms with Crippen molar-refractivity contribution in [1.29, 1.82) is 0 Å². The van der Waals surface area contributed by atoms with Gasteiger partial charge in [-0.25, -0.2) is 8.42 Å². The van der Waals surface area contributed by atoms with E-state index in [1.807, 2.05) is 0 Å². The molecule has 0 radical (unpaired) electrons. The van der Waals surface area contributed by atoms with Gasteiger partial charge in [-0.05, 0) is 25.3 Å². The molecule has 8 heteroatoms. The standard InChI is InChI=1S/C17H18N2O5S/c1-10-17(25(2,23)24)15(11-5-3-6-12(9-11)19(21)22)16-13(18-10)7-4-8-14(16)20/h3,5-6,9,15,18H,4,7-8H2,1-2H3. The second kappa shape index (κ2) is 6.11. The van der Waals surface area contributed by atoms with Crippen LogP contribution in [0.15, 0.2) is 46.1 Å². The van der Waals surface area contributed by atoms with Gasteiger partial charge < -0.3 is 5.32 Å². The number of nitro benzene ring substituents is 1.